The number of hydrogen-bond acceptors (Lipinski definition) is 5. The number of aromatic nitrogens is 1. The van der Waals surface area contributed by atoms with Gasteiger partial charge in [-0.1, -0.05) is 30.3 Å². The van der Waals surface area contributed by atoms with Crippen molar-refractivity contribution in [1.82, 2.24) is 9.88 Å². The molecule has 5 nitrogen and oxygen atoms in total. The molecule has 1 saturated heterocycles. The number of carbonyl (C=O) groups is 1. The molecule has 1 amide bonds. The van der Waals surface area contributed by atoms with E-state index >= 15 is 0 Å². The maximum Gasteiger partial charge on any atom is 0.274 e. The minimum Gasteiger partial charge on any atom is -0.374 e. The van der Waals surface area contributed by atoms with Crippen molar-refractivity contribution >= 4 is 17.2 Å². The molecule has 1 aromatic heterocycles. The number of amides is 1. The zero-order chi connectivity index (χ0) is 15.5. The van der Waals surface area contributed by atoms with Crippen LogP contribution in [0.5, 0.6) is 0 Å². The van der Waals surface area contributed by atoms with Crippen LogP contribution >= 0.6 is 11.3 Å². The van der Waals surface area contributed by atoms with Gasteiger partial charge in [0.25, 0.3) is 5.91 Å². The van der Waals surface area contributed by atoms with Crippen LogP contribution < -0.4 is 5.73 Å². The number of morpholine rings is 1. The summed E-state index contributed by atoms with van der Waals surface area (Å²) in [6.07, 6.45) is 0.0246. The molecule has 2 atom stereocenters. The molecule has 0 saturated carbocycles. The molecule has 2 N–H and O–H groups in total. The normalized spacial score (nSPS) is 21.8. The summed E-state index contributed by atoms with van der Waals surface area (Å²) in [6.45, 7) is 3.41. The lowest BCUT2D eigenvalue weighted by atomic mass is 10.0. The summed E-state index contributed by atoms with van der Waals surface area (Å²) in [4.78, 5) is 19.0. The molecule has 116 valence electrons. The van der Waals surface area contributed by atoms with E-state index in [4.69, 9.17) is 10.5 Å². The van der Waals surface area contributed by atoms with Crippen LogP contribution in [0.2, 0.25) is 0 Å². The lowest BCUT2D eigenvalue weighted by Gasteiger charge is -2.38. The van der Waals surface area contributed by atoms with Crippen molar-refractivity contribution in [3.63, 3.8) is 0 Å². The number of nitrogens with two attached hydrogens (primary N) is 1. The van der Waals surface area contributed by atoms with Crippen molar-refractivity contribution in [2.75, 3.05) is 13.2 Å². The van der Waals surface area contributed by atoms with E-state index in [9.17, 15) is 4.79 Å². The molecule has 0 aliphatic carbocycles. The molecule has 1 aliphatic heterocycles. The molecular formula is C16H19N3O2S. The van der Waals surface area contributed by atoms with Crippen LogP contribution in [0.15, 0.2) is 35.7 Å². The first kappa shape index (κ1) is 15.1. The highest BCUT2D eigenvalue weighted by Gasteiger charge is 2.33. The SMILES string of the molecule is CC1CN(C(=O)c2csc(CN)n2)C(c2ccccc2)CO1. The van der Waals surface area contributed by atoms with E-state index < -0.39 is 0 Å². The van der Waals surface area contributed by atoms with Gasteiger partial charge in [-0.25, -0.2) is 4.98 Å². The van der Waals surface area contributed by atoms with E-state index in [-0.39, 0.29) is 18.1 Å². The van der Waals surface area contributed by atoms with Crippen LogP contribution in [0, 0.1) is 0 Å². The minimum absolute atomic E-state index is 0.0246. The van der Waals surface area contributed by atoms with Gasteiger partial charge in [-0.2, -0.15) is 0 Å². The van der Waals surface area contributed by atoms with Crippen molar-refractivity contribution in [3.05, 3.63) is 52.0 Å². The molecule has 6 heteroatoms. The van der Waals surface area contributed by atoms with E-state index in [0.29, 0.717) is 25.4 Å². The van der Waals surface area contributed by atoms with Crippen molar-refractivity contribution in [1.29, 1.82) is 0 Å². The van der Waals surface area contributed by atoms with Crippen LogP contribution in [-0.4, -0.2) is 35.0 Å². The summed E-state index contributed by atoms with van der Waals surface area (Å²) in [7, 11) is 0. The third-order valence-corrected chi connectivity index (χ3v) is 4.63. The Morgan fingerprint density at radius 2 is 2.23 bits per heavy atom. The first-order chi connectivity index (χ1) is 10.7. The highest BCUT2D eigenvalue weighted by atomic mass is 32.1. The van der Waals surface area contributed by atoms with Crippen LogP contribution in [0.25, 0.3) is 0 Å². The highest BCUT2D eigenvalue weighted by Crippen LogP contribution is 2.28. The van der Waals surface area contributed by atoms with Crippen molar-refractivity contribution in [3.8, 4) is 0 Å². The maximum absolute atomic E-state index is 12.8. The van der Waals surface area contributed by atoms with Crippen LogP contribution in [0.4, 0.5) is 0 Å². The van der Waals surface area contributed by atoms with E-state index in [1.807, 2.05) is 42.2 Å². The van der Waals surface area contributed by atoms with Gasteiger partial charge in [-0.15, -0.1) is 11.3 Å². The fourth-order valence-corrected chi connectivity index (χ4v) is 3.28. The number of thiazole rings is 1. The molecule has 1 aliphatic rings. The Morgan fingerprint density at radius 1 is 1.45 bits per heavy atom. The largest absolute Gasteiger partial charge is 0.374 e. The fourth-order valence-electron chi connectivity index (χ4n) is 2.63. The molecule has 0 radical (unpaired) electrons. The van der Waals surface area contributed by atoms with Gasteiger partial charge in [0.1, 0.15) is 10.7 Å². The second kappa shape index (κ2) is 6.56. The van der Waals surface area contributed by atoms with Crippen molar-refractivity contribution in [2.24, 2.45) is 5.73 Å². The molecule has 3 rings (SSSR count). The number of benzene rings is 1. The van der Waals surface area contributed by atoms with Gasteiger partial charge >= 0.3 is 0 Å². The van der Waals surface area contributed by atoms with Gasteiger partial charge in [0.05, 0.1) is 18.8 Å². The predicted molar refractivity (Wildman–Crippen MR) is 85.6 cm³/mol. The number of carbonyl (C=O) groups excluding carboxylic acids is 1. The zero-order valence-electron chi connectivity index (χ0n) is 12.4. The summed E-state index contributed by atoms with van der Waals surface area (Å²) in [5.41, 5.74) is 7.14. The predicted octanol–water partition coefficient (Wildman–Crippen LogP) is 2.20. The zero-order valence-corrected chi connectivity index (χ0v) is 13.3. The quantitative estimate of drug-likeness (QED) is 0.942. The van der Waals surface area contributed by atoms with Gasteiger partial charge in [0.2, 0.25) is 0 Å². The monoisotopic (exact) mass is 317 g/mol. The summed E-state index contributed by atoms with van der Waals surface area (Å²) in [5.74, 6) is -0.0556. The second-order valence-corrected chi connectivity index (χ2v) is 6.30. The summed E-state index contributed by atoms with van der Waals surface area (Å²) in [5, 5.41) is 2.56. The molecule has 2 heterocycles. The van der Waals surface area contributed by atoms with Gasteiger partial charge in [0, 0.05) is 18.5 Å². The molecule has 1 fully saturated rings. The lowest BCUT2D eigenvalue weighted by molar-refractivity contribution is -0.0449. The fraction of sp³-hybridized carbons (Fsp3) is 0.375. The second-order valence-electron chi connectivity index (χ2n) is 5.36. The Balaban J connectivity index is 1.88. The first-order valence-corrected chi connectivity index (χ1v) is 8.19. The summed E-state index contributed by atoms with van der Waals surface area (Å²) < 4.78 is 5.76. The Hall–Kier alpha value is -1.76. The third kappa shape index (κ3) is 3.04. The Kier molecular flexibility index (Phi) is 4.52. The van der Waals surface area contributed by atoms with Gasteiger partial charge in [-0.3, -0.25) is 4.79 Å². The van der Waals surface area contributed by atoms with Crippen LogP contribution in [0.3, 0.4) is 0 Å². The molecule has 22 heavy (non-hydrogen) atoms. The van der Waals surface area contributed by atoms with Gasteiger partial charge < -0.3 is 15.4 Å². The Bertz CT molecular complexity index is 644. The molecule has 1 aromatic carbocycles. The minimum atomic E-state index is -0.0760. The molecule has 0 bridgehead atoms. The Morgan fingerprint density at radius 3 is 2.91 bits per heavy atom. The number of ether oxygens (including phenoxy) is 1. The van der Waals surface area contributed by atoms with Crippen molar-refractivity contribution in [2.45, 2.75) is 25.6 Å². The maximum atomic E-state index is 12.8. The molecular weight excluding hydrogens is 298 g/mol. The van der Waals surface area contributed by atoms with Crippen LogP contribution in [-0.2, 0) is 11.3 Å². The van der Waals surface area contributed by atoms with E-state index in [0.717, 1.165) is 10.6 Å². The highest BCUT2D eigenvalue weighted by molar-refractivity contribution is 7.09. The summed E-state index contributed by atoms with van der Waals surface area (Å²) in [6, 6.07) is 9.90. The number of nitrogens with zero attached hydrogens (tertiary/aromatic N) is 2. The van der Waals surface area contributed by atoms with E-state index in [1.54, 1.807) is 5.38 Å². The molecule has 2 aromatic rings. The van der Waals surface area contributed by atoms with Gasteiger partial charge in [-0.05, 0) is 12.5 Å². The number of hydrogen-bond donors (Lipinski definition) is 1. The third-order valence-electron chi connectivity index (χ3n) is 3.76. The topological polar surface area (TPSA) is 68.5 Å². The van der Waals surface area contributed by atoms with Crippen molar-refractivity contribution < 1.29 is 9.53 Å². The van der Waals surface area contributed by atoms with E-state index in [1.165, 1.54) is 11.3 Å². The van der Waals surface area contributed by atoms with E-state index in [2.05, 4.69) is 4.98 Å². The molecule has 0 spiro atoms. The number of rotatable bonds is 3. The smallest absolute Gasteiger partial charge is 0.274 e. The average molecular weight is 317 g/mol. The van der Waals surface area contributed by atoms with Gasteiger partial charge in [0.15, 0.2) is 0 Å². The lowest BCUT2D eigenvalue weighted by Crippen LogP contribution is -2.46. The average Bonchev–Trinajstić information content (AvgIpc) is 3.04. The summed E-state index contributed by atoms with van der Waals surface area (Å²) >= 11 is 1.42. The van der Waals surface area contributed by atoms with Crippen LogP contribution in [0.1, 0.15) is 34.0 Å². The Labute approximate surface area is 133 Å². The standard InChI is InChI=1S/C16H19N3O2S/c1-11-8-19(16(20)13-10-22-15(7-17)18-13)14(9-21-11)12-5-3-2-4-6-12/h2-6,10-11,14H,7-9,17H2,1H3. The first-order valence-electron chi connectivity index (χ1n) is 7.31. The molecule has 2 unspecified atom stereocenters.